The second-order valence-corrected chi connectivity index (χ2v) is 15.9. The van der Waals surface area contributed by atoms with Gasteiger partial charge in [0.2, 0.25) is 0 Å². The van der Waals surface area contributed by atoms with E-state index in [-0.39, 0.29) is 0 Å². The van der Waals surface area contributed by atoms with Crippen molar-refractivity contribution in [2.75, 3.05) is 0 Å². The molecule has 0 saturated heterocycles. The van der Waals surface area contributed by atoms with Crippen molar-refractivity contribution in [1.82, 2.24) is 0 Å². The fraction of sp³-hybridized carbons (Fsp3) is 0.148. The first-order chi connectivity index (χ1) is 26.6. The summed E-state index contributed by atoms with van der Waals surface area (Å²) in [5.74, 6) is 0. The maximum absolute atomic E-state index is 6.54. The van der Waals surface area contributed by atoms with Gasteiger partial charge in [-0.15, -0.1) is 0 Å². The van der Waals surface area contributed by atoms with E-state index in [1.54, 1.807) is 0 Å². The van der Waals surface area contributed by atoms with E-state index in [0.717, 1.165) is 21.9 Å². The summed E-state index contributed by atoms with van der Waals surface area (Å²) >= 11 is 0. The molecule has 1 aromatic heterocycles. The van der Waals surface area contributed by atoms with Crippen LogP contribution in [0.15, 0.2) is 126 Å². The first-order valence-electron chi connectivity index (χ1n) is 19.5. The van der Waals surface area contributed by atoms with Crippen LogP contribution < -0.4 is 0 Å². The summed E-state index contributed by atoms with van der Waals surface area (Å²) in [5.41, 5.74) is 20.3. The topological polar surface area (TPSA) is 13.1 Å². The molecule has 0 aliphatic carbocycles. The second kappa shape index (κ2) is 12.2. The Hall–Kier alpha value is -6.18. The molecule has 0 atom stereocenters. The summed E-state index contributed by atoms with van der Waals surface area (Å²) in [6.45, 7) is 18.6. The number of furan rings is 1. The zero-order valence-corrected chi connectivity index (χ0v) is 33.0. The Labute approximate surface area is 322 Å². The van der Waals surface area contributed by atoms with E-state index >= 15 is 0 Å². The SMILES string of the molecule is Cc1c(C)c(C)c2c(-c3ccc4oc5cc6ccccc6cc5c4c3)c3c(C)c(C)c(C)c(C)c3c(-c3cc(-c4ccccc4)c4ccccc4c3)c2c1C. The van der Waals surface area contributed by atoms with Crippen LogP contribution in [0, 0.1) is 55.4 Å². The van der Waals surface area contributed by atoms with Gasteiger partial charge in [-0.3, -0.25) is 0 Å². The number of benzene rings is 9. The molecule has 0 fully saturated rings. The van der Waals surface area contributed by atoms with Crippen molar-refractivity contribution in [2.45, 2.75) is 55.4 Å². The summed E-state index contributed by atoms with van der Waals surface area (Å²) in [6, 6.07) is 44.7. The summed E-state index contributed by atoms with van der Waals surface area (Å²) in [7, 11) is 0. The van der Waals surface area contributed by atoms with Crippen LogP contribution in [0.2, 0.25) is 0 Å². The Bertz CT molecular complexity index is 3180. The highest BCUT2D eigenvalue weighted by atomic mass is 16.3. The Morgan fingerprint density at radius 1 is 0.309 bits per heavy atom. The van der Waals surface area contributed by atoms with Gasteiger partial charge in [-0.05, 0) is 213 Å². The highest BCUT2D eigenvalue weighted by molar-refractivity contribution is 6.26. The van der Waals surface area contributed by atoms with Crippen molar-refractivity contribution in [3.63, 3.8) is 0 Å². The lowest BCUT2D eigenvalue weighted by Gasteiger charge is -2.27. The lowest BCUT2D eigenvalue weighted by atomic mass is 9.76. The predicted octanol–water partition coefficient (Wildman–Crippen LogP) is 15.7. The first kappa shape index (κ1) is 33.4. The average Bonchev–Trinajstić information content (AvgIpc) is 3.57. The van der Waals surface area contributed by atoms with E-state index < -0.39 is 0 Å². The molecule has 0 spiro atoms. The number of hydrogen-bond acceptors (Lipinski definition) is 1. The van der Waals surface area contributed by atoms with Gasteiger partial charge in [0, 0.05) is 10.8 Å². The summed E-state index contributed by atoms with van der Waals surface area (Å²) in [5, 5.41) is 12.7. The minimum absolute atomic E-state index is 0.920. The highest BCUT2D eigenvalue weighted by Gasteiger charge is 2.27. The molecule has 0 unspecified atom stereocenters. The Morgan fingerprint density at radius 3 is 1.40 bits per heavy atom. The van der Waals surface area contributed by atoms with Gasteiger partial charge >= 0.3 is 0 Å². The molecule has 0 radical (unpaired) electrons. The molecule has 10 rings (SSSR count). The van der Waals surface area contributed by atoms with Crippen LogP contribution in [0.1, 0.15) is 44.5 Å². The van der Waals surface area contributed by atoms with Gasteiger partial charge in [-0.1, -0.05) is 84.9 Å². The first-order valence-corrected chi connectivity index (χ1v) is 19.5. The van der Waals surface area contributed by atoms with E-state index in [2.05, 4.69) is 177 Å². The van der Waals surface area contributed by atoms with Gasteiger partial charge in [-0.2, -0.15) is 0 Å². The molecule has 0 bridgehead atoms. The molecule has 55 heavy (non-hydrogen) atoms. The fourth-order valence-electron chi connectivity index (χ4n) is 9.63. The zero-order valence-electron chi connectivity index (χ0n) is 33.0. The Kier molecular flexibility index (Phi) is 7.39. The molecule has 1 heterocycles. The molecule has 1 nitrogen and oxygen atoms in total. The van der Waals surface area contributed by atoms with Crippen LogP contribution in [0.25, 0.3) is 98.4 Å². The Balaban J connectivity index is 1.42. The molecule has 0 aliphatic heterocycles. The third-order valence-electron chi connectivity index (χ3n) is 13.2. The van der Waals surface area contributed by atoms with Crippen molar-refractivity contribution in [3.05, 3.63) is 166 Å². The van der Waals surface area contributed by atoms with Gasteiger partial charge in [0.1, 0.15) is 11.2 Å². The van der Waals surface area contributed by atoms with Crippen LogP contribution in [0.3, 0.4) is 0 Å². The lowest BCUT2D eigenvalue weighted by molar-refractivity contribution is 0.669. The van der Waals surface area contributed by atoms with Gasteiger partial charge in [-0.25, -0.2) is 0 Å². The summed E-state index contributed by atoms with van der Waals surface area (Å²) in [6.07, 6.45) is 0. The Morgan fingerprint density at radius 2 is 0.800 bits per heavy atom. The summed E-state index contributed by atoms with van der Waals surface area (Å²) in [4.78, 5) is 0. The highest BCUT2D eigenvalue weighted by Crippen LogP contribution is 2.52. The van der Waals surface area contributed by atoms with Crippen LogP contribution in [0.4, 0.5) is 0 Å². The van der Waals surface area contributed by atoms with E-state index in [4.69, 9.17) is 4.42 Å². The van der Waals surface area contributed by atoms with Crippen LogP contribution in [-0.2, 0) is 0 Å². The molecule has 10 aromatic rings. The molecule has 9 aromatic carbocycles. The quantitative estimate of drug-likeness (QED) is 0.167. The van der Waals surface area contributed by atoms with E-state index in [1.807, 2.05) is 0 Å². The van der Waals surface area contributed by atoms with E-state index in [1.165, 1.54) is 121 Å². The van der Waals surface area contributed by atoms with Gasteiger partial charge in [0.05, 0.1) is 0 Å². The molecule has 1 heteroatoms. The predicted molar refractivity (Wildman–Crippen MR) is 238 cm³/mol. The van der Waals surface area contributed by atoms with Crippen LogP contribution >= 0.6 is 0 Å². The van der Waals surface area contributed by atoms with Crippen LogP contribution in [0.5, 0.6) is 0 Å². The monoisotopic (exact) mass is 708 g/mol. The molecule has 0 aliphatic rings. The number of rotatable bonds is 3. The maximum atomic E-state index is 6.54. The normalized spacial score (nSPS) is 12.0. The summed E-state index contributed by atoms with van der Waals surface area (Å²) < 4.78 is 6.54. The van der Waals surface area contributed by atoms with E-state index in [0.29, 0.717) is 0 Å². The molecule has 0 saturated carbocycles. The largest absolute Gasteiger partial charge is 0.456 e. The number of aryl methyl sites for hydroxylation is 4. The van der Waals surface area contributed by atoms with Crippen molar-refractivity contribution in [2.24, 2.45) is 0 Å². The second-order valence-electron chi connectivity index (χ2n) is 15.9. The maximum Gasteiger partial charge on any atom is 0.136 e. The third kappa shape index (κ3) is 4.79. The van der Waals surface area contributed by atoms with Crippen molar-refractivity contribution < 1.29 is 4.42 Å². The minimum atomic E-state index is 0.920. The number of hydrogen-bond donors (Lipinski definition) is 0. The molecule has 0 amide bonds. The third-order valence-corrected chi connectivity index (χ3v) is 13.2. The van der Waals surface area contributed by atoms with Crippen molar-refractivity contribution >= 4 is 65.0 Å². The van der Waals surface area contributed by atoms with E-state index in [9.17, 15) is 0 Å². The fourth-order valence-corrected chi connectivity index (χ4v) is 9.63. The van der Waals surface area contributed by atoms with Gasteiger partial charge < -0.3 is 4.42 Å². The van der Waals surface area contributed by atoms with Crippen molar-refractivity contribution in [1.29, 1.82) is 0 Å². The zero-order chi connectivity index (χ0) is 37.9. The molecular formula is C54H44O. The standard InChI is InChI=1S/C54H44O/c1-29-31(3)35(7)51-49(33(29)5)53(41-22-23-47-45(26-41)46-25-38-18-12-13-19-39(38)28-48(46)55-47)50-34(6)30(2)32(4)36(8)52(50)54(51)42-24-40-20-14-15-21-43(40)44(27-42)37-16-10-9-11-17-37/h9-28H,1-8H3. The van der Waals surface area contributed by atoms with Crippen molar-refractivity contribution in [3.8, 4) is 33.4 Å². The molecule has 0 N–H and O–H groups in total. The average molecular weight is 709 g/mol. The number of fused-ring (bicyclic) bond motifs is 7. The molecule has 266 valence electrons. The minimum Gasteiger partial charge on any atom is -0.456 e. The smallest absolute Gasteiger partial charge is 0.136 e. The van der Waals surface area contributed by atoms with Gasteiger partial charge in [0.15, 0.2) is 0 Å². The van der Waals surface area contributed by atoms with Crippen LogP contribution in [-0.4, -0.2) is 0 Å². The lowest BCUT2D eigenvalue weighted by Crippen LogP contribution is -2.03. The van der Waals surface area contributed by atoms with Gasteiger partial charge in [0.25, 0.3) is 0 Å². The molecular weight excluding hydrogens is 665 g/mol.